The average molecular weight is 415 g/mol. The second-order valence-electron chi connectivity index (χ2n) is 5.63. The minimum Gasteiger partial charge on any atom is -0.231 e. The first-order chi connectivity index (χ1) is 12.6. The van der Waals surface area contributed by atoms with Gasteiger partial charge in [-0.25, -0.2) is 17.8 Å². The summed E-state index contributed by atoms with van der Waals surface area (Å²) < 4.78 is 76.4. The van der Waals surface area contributed by atoms with E-state index in [1.807, 2.05) is 0 Å². The topological polar surface area (TPSA) is 47.0 Å². The van der Waals surface area contributed by atoms with E-state index in [4.69, 9.17) is 0 Å². The maximum Gasteiger partial charge on any atom is 0.443 e. The van der Waals surface area contributed by atoms with Gasteiger partial charge in [0, 0.05) is 5.56 Å². The monoisotopic (exact) mass is 415 g/mol. The number of rotatable bonds is 4. The van der Waals surface area contributed by atoms with Gasteiger partial charge < -0.3 is 0 Å². The van der Waals surface area contributed by atoms with Gasteiger partial charge in [0.25, 0.3) is 0 Å². The number of halogens is 4. The van der Waals surface area contributed by atoms with Crippen LogP contribution in [-0.4, -0.2) is 19.2 Å². The highest BCUT2D eigenvalue weighted by molar-refractivity contribution is 7.91. The summed E-state index contributed by atoms with van der Waals surface area (Å²) >= 11 is 0.458. The third kappa shape index (κ3) is 4.03. The molecule has 0 aliphatic heterocycles. The lowest BCUT2D eigenvalue weighted by Crippen LogP contribution is -2.03. The van der Waals surface area contributed by atoms with Crippen LogP contribution in [-0.2, 0) is 16.0 Å². The van der Waals surface area contributed by atoms with Crippen LogP contribution in [0.25, 0.3) is 21.7 Å². The van der Waals surface area contributed by atoms with Gasteiger partial charge in [-0.2, -0.15) is 13.2 Å². The largest absolute Gasteiger partial charge is 0.443 e. The summed E-state index contributed by atoms with van der Waals surface area (Å²) in [7, 11) is -3.42. The van der Waals surface area contributed by atoms with E-state index in [0.717, 1.165) is 12.1 Å². The van der Waals surface area contributed by atoms with Gasteiger partial charge in [0.05, 0.1) is 21.2 Å². The first-order valence-electron chi connectivity index (χ1n) is 7.79. The average Bonchev–Trinajstić information content (AvgIpc) is 3.08. The number of sulfone groups is 1. The Morgan fingerprint density at radius 3 is 2.04 bits per heavy atom. The molecular weight excluding hydrogens is 402 g/mol. The van der Waals surface area contributed by atoms with Crippen molar-refractivity contribution in [1.29, 1.82) is 0 Å². The molecule has 0 radical (unpaired) electrons. The normalized spacial score (nSPS) is 12.3. The van der Waals surface area contributed by atoms with Crippen LogP contribution in [0.2, 0.25) is 0 Å². The predicted molar refractivity (Wildman–Crippen MR) is 95.7 cm³/mol. The Balaban J connectivity index is 2.14. The van der Waals surface area contributed by atoms with Crippen molar-refractivity contribution in [1.82, 2.24) is 4.98 Å². The number of hydrogen-bond acceptors (Lipinski definition) is 4. The Kier molecular flexibility index (Phi) is 5.09. The minimum atomic E-state index is -4.62. The van der Waals surface area contributed by atoms with Gasteiger partial charge in [-0.15, -0.1) is 11.3 Å². The Labute approximate surface area is 157 Å². The zero-order valence-corrected chi connectivity index (χ0v) is 15.6. The van der Waals surface area contributed by atoms with Crippen molar-refractivity contribution >= 4 is 21.2 Å². The van der Waals surface area contributed by atoms with Crippen molar-refractivity contribution in [2.24, 2.45) is 0 Å². The van der Waals surface area contributed by atoms with Crippen LogP contribution in [0.5, 0.6) is 0 Å². The molecule has 3 rings (SSSR count). The third-order valence-corrected chi connectivity index (χ3v) is 6.74. The van der Waals surface area contributed by atoms with Gasteiger partial charge in [-0.3, -0.25) is 0 Å². The van der Waals surface area contributed by atoms with Crippen molar-refractivity contribution < 1.29 is 26.0 Å². The van der Waals surface area contributed by atoms with Crippen molar-refractivity contribution in [3.8, 4) is 21.7 Å². The summed E-state index contributed by atoms with van der Waals surface area (Å²) in [5, 5.41) is -1.03. The number of benzene rings is 2. The fraction of sp³-hybridized carbons (Fsp3) is 0.167. The standard InChI is InChI=1S/C18H13F4NO2S2/c1-2-27(24,25)14-9-5-12(6-10-14)16-15(11-3-7-13(19)8-4-11)23-17(26-16)18(20,21)22/h3-10H,2H2,1H3. The molecule has 0 amide bonds. The van der Waals surface area contributed by atoms with Crippen LogP contribution >= 0.6 is 11.3 Å². The minimum absolute atomic E-state index is 0.0680. The molecule has 1 heterocycles. The Bertz CT molecular complexity index is 1050. The number of alkyl halides is 3. The highest BCUT2D eigenvalue weighted by atomic mass is 32.2. The molecule has 3 aromatic rings. The second kappa shape index (κ2) is 7.05. The third-order valence-electron chi connectivity index (χ3n) is 3.84. The lowest BCUT2D eigenvalue weighted by atomic mass is 10.1. The molecule has 9 heteroatoms. The zero-order chi connectivity index (χ0) is 19.8. The molecule has 27 heavy (non-hydrogen) atoms. The molecule has 0 saturated carbocycles. The van der Waals surface area contributed by atoms with Gasteiger partial charge in [-0.05, 0) is 42.0 Å². The molecule has 0 fully saturated rings. The van der Waals surface area contributed by atoms with E-state index in [1.165, 1.54) is 43.3 Å². The molecule has 0 atom stereocenters. The summed E-state index contributed by atoms with van der Waals surface area (Å²) in [4.78, 5) is 4.02. The Hall–Kier alpha value is -2.26. The van der Waals surface area contributed by atoms with Crippen molar-refractivity contribution in [2.45, 2.75) is 18.0 Å². The lowest BCUT2D eigenvalue weighted by Gasteiger charge is -2.05. The van der Waals surface area contributed by atoms with Gasteiger partial charge in [-0.1, -0.05) is 19.1 Å². The molecular formula is C18H13F4NO2S2. The number of hydrogen-bond donors (Lipinski definition) is 0. The van der Waals surface area contributed by atoms with E-state index >= 15 is 0 Å². The Morgan fingerprint density at radius 2 is 1.52 bits per heavy atom. The van der Waals surface area contributed by atoms with Crippen LogP contribution < -0.4 is 0 Å². The van der Waals surface area contributed by atoms with E-state index in [9.17, 15) is 26.0 Å². The van der Waals surface area contributed by atoms with E-state index in [0.29, 0.717) is 22.5 Å². The van der Waals surface area contributed by atoms with Gasteiger partial charge >= 0.3 is 6.18 Å². The van der Waals surface area contributed by atoms with E-state index < -0.39 is 26.8 Å². The first-order valence-corrected chi connectivity index (χ1v) is 10.3. The molecule has 0 N–H and O–H groups in total. The van der Waals surface area contributed by atoms with Crippen molar-refractivity contribution in [3.63, 3.8) is 0 Å². The highest BCUT2D eigenvalue weighted by Crippen LogP contribution is 2.42. The molecule has 0 unspecified atom stereocenters. The van der Waals surface area contributed by atoms with Gasteiger partial charge in [0.15, 0.2) is 14.8 Å². The molecule has 0 saturated heterocycles. The molecule has 0 spiro atoms. The van der Waals surface area contributed by atoms with Crippen molar-refractivity contribution in [3.05, 3.63) is 59.4 Å². The fourth-order valence-corrected chi connectivity index (χ4v) is 4.26. The number of aromatic nitrogens is 1. The number of nitrogens with zero attached hydrogens (tertiary/aromatic N) is 1. The van der Waals surface area contributed by atoms with Crippen molar-refractivity contribution in [2.75, 3.05) is 5.75 Å². The molecule has 3 nitrogen and oxygen atoms in total. The fourth-order valence-electron chi connectivity index (χ4n) is 2.42. The molecule has 0 aliphatic carbocycles. The van der Waals surface area contributed by atoms with Crippen LogP contribution in [0, 0.1) is 5.82 Å². The molecule has 2 aromatic carbocycles. The van der Waals surface area contributed by atoms with E-state index in [-0.39, 0.29) is 21.2 Å². The molecule has 1 aromatic heterocycles. The molecule has 0 bridgehead atoms. The van der Waals surface area contributed by atoms with Crippen LogP contribution in [0.4, 0.5) is 17.6 Å². The lowest BCUT2D eigenvalue weighted by molar-refractivity contribution is -0.137. The SMILES string of the molecule is CCS(=O)(=O)c1ccc(-c2sc(C(F)(F)F)nc2-c2ccc(F)cc2)cc1. The molecule has 142 valence electrons. The molecule has 0 aliphatic rings. The summed E-state index contributed by atoms with van der Waals surface area (Å²) in [5.74, 6) is -0.591. The summed E-state index contributed by atoms with van der Waals surface area (Å²) in [6.07, 6.45) is -4.62. The maximum absolute atomic E-state index is 13.2. The quantitative estimate of drug-likeness (QED) is 0.534. The summed E-state index contributed by atoms with van der Waals surface area (Å²) in [6.45, 7) is 1.51. The predicted octanol–water partition coefficient (Wildman–Crippen LogP) is 5.43. The van der Waals surface area contributed by atoms with E-state index in [2.05, 4.69) is 4.98 Å². The highest BCUT2D eigenvalue weighted by Gasteiger charge is 2.36. The van der Waals surface area contributed by atoms with E-state index in [1.54, 1.807) is 0 Å². The first kappa shape index (κ1) is 19.5. The second-order valence-corrected chi connectivity index (χ2v) is 8.91. The summed E-state index contributed by atoms with van der Waals surface area (Å²) in [6, 6.07) is 10.6. The smallest absolute Gasteiger partial charge is 0.231 e. The maximum atomic E-state index is 13.2. The summed E-state index contributed by atoms with van der Waals surface area (Å²) in [5.41, 5.74) is 0.805. The van der Waals surface area contributed by atoms with Gasteiger partial charge in [0.2, 0.25) is 0 Å². The van der Waals surface area contributed by atoms with Gasteiger partial charge in [0.1, 0.15) is 5.82 Å². The number of thiazole rings is 1. The Morgan fingerprint density at radius 1 is 0.963 bits per heavy atom. The zero-order valence-electron chi connectivity index (χ0n) is 13.9. The van der Waals surface area contributed by atoms with Crippen LogP contribution in [0.1, 0.15) is 11.9 Å². The van der Waals surface area contributed by atoms with Crippen LogP contribution in [0.15, 0.2) is 53.4 Å². The van der Waals surface area contributed by atoms with Crippen LogP contribution in [0.3, 0.4) is 0 Å².